The Kier molecular flexibility index (Phi) is 5.56. The van der Waals surface area contributed by atoms with E-state index in [0.29, 0.717) is 24.7 Å². The molecular weight excluding hydrogens is 382 g/mol. The van der Waals surface area contributed by atoms with Gasteiger partial charge in [0.2, 0.25) is 0 Å². The van der Waals surface area contributed by atoms with Gasteiger partial charge in [0.15, 0.2) is 0 Å². The Hall–Kier alpha value is -2.53. The van der Waals surface area contributed by atoms with Gasteiger partial charge in [0.05, 0.1) is 12.3 Å². The molecular formula is C20H18BrNO3. The van der Waals surface area contributed by atoms with E-state index < -0.39 is 6.09 Å². The first kappa shape index (κ1) is 17.3. The Bertz CT molecular complexity index is 881. The van der Waals surface area contributed by atoms with E-state index in [0.717, 1.165) is 20.8 Å². The zero-order valence-corrected chi connectivity index (χ0v) is 15.4. The third kappa shape index (κ3) is 4.51. The Morgan fingerprint density at radius 2 is 1.84 bits per heavy atom. The van der Waals surface area contributed by atoms with Gasteiger partial charge in [-0.15, -0.1) is 0 Å². The number of hydrogen-bond donors (Lipinski definition) is 1. The van der Waals surface area contributed by atoms with Gasteiger partial charge in [-0.2, -0.15) is 0 Å². The minimum Gasteiger partial charge on any atom is -0.487 e. The lowest BCUT2D eigenvalue weighted by Crippen LogP contribution is -2.14. The number of carbonyl (C=O) groups excluding carboxylic acids is 1. The first-order valence-electron chi connectivity index (χ1n) is 7.99. The molecule has 1 amide bonds. The number of ether oxygens (including phenoxy) is 2. The predicted molar refractivity (Wildman–Crippen MR) is 103 cm³/mol. The number of carbonyl (C=O) groups is 1. The van der Waals surface area contributed by atoms with Crippen LogP contribution in [0.25, 0.3) is 10.8 Å². The van der Waals surface area contributed by atoms with Crippen LogP contribution in [-0.4, -0.2) is 12.7 Å². The normalized spacial score (nSPS) is 10.5. The number of halogens is 1. The fourth-order valence-corrected chi connectivity index (χ4v) is 2.86. The number of nitrogens with one attached hydrogen (secondary N) is 1. The molecule has 0 aliphatic rings. The monoisotopic (exact) mass is 399 g/mol. The van der Waals surface area contributed by atoms with Gasteiger partial charge in [0.25, 0.3) is 0 Å². The zero-order chi connectivity index (χ0) is 17.6. The molecule has 1 N–H and O–H groups in total. The Morgan fingerprint density at radius 1 is 1.04 bits per heavy atom. The van der Waals surface area contributed by atoms with Gasteiger partial charge in [-0.3, -0.25) is 5.32 Å². The van der Waals surface area contributed by atoms with E-state index in [4.69, 9.17) is 9.47 Å². The second kappa shape index (κ2) is 8.03. The first-order valence-corrected chi connectivity index (χ1v) is 8.79. The Balaban J connectivity index is 1.92. The number of fused-ring (bicyclic) bond motifs is 1. The van der Waals surface area contributed by atoms with Gasteiger partial charge in [0, 0.05) is 4.47 Å². The van der Waals surface area contributed by atoms with E-state index in [2.05, 4.69) is 21.2 Å². The number of hydrogen-bond acceptors (Lipinski definition) is 3. The molecule has 5 heteroatoms. The van der Waals surface area contributed by atoms with Crippen LogP contribution in [0.2, 0.25) is 0 Å². The molecule has 0 saturated carbocycles. The van der Waals surface area contributed by atoms with Gasteiger partial charge in [-0.1, -0.05) is 52.3 Å². The van der Waals surface area contributed by atoms with E-state index >= 15 is 0 Å². The maximum absolute atomic E-state index is 11.8. The second-order valence-corrected chi connectivity index (χ2v) is 6.38. The lowest BCUT2D eigenvalue weighted by Gasteiger charge is -2.14. The highest BCUT2D eigenvalue weighted by molar-refractivity contribution is 9.10. The quantitative estimate of drug-likeness (QED) is 0.593. The van der Waals surface area contributed by atoms with Crippen LogP contribution in [-0.2, 0) is 11.3 Å². The van der Waals surface area contributed by atoms with Crippen LogP contribution >= 0.6 is 15.9 Å². The minimum atomic E-state index is -0.499. The molecule has 0 fully saturated rings. The highest BCUT2D eigenvalue weighted by atomic mass is 79.9. The van der Waals surface area contributed by atoms with E-state index in [1.165, 1.54) is 0 Å². The van der Waals surface area contributed by atoms with Crippen molar-refractivity contribution in [3.63, 3.8) is 0 Å². The molecule has 0 unspecified atom stereocenters. The zero-order valence-electron chi connectivity index (χ0n) is 13.8. The van der Waals surface area contributed by atoms with E-state index in [-0.39, 0.29) is 0 Å². The van der Waals surface area contributed by atoms with Gasteiger partial charge in [-0.05, 0) is 47.5 Å². The van der Waals surface area contributed by atoms with Crippen molar-refractivity contribution >= 4 is 38.5 Å². The highest BCUT2D eigenvalue weighted by Crippen LogP contribution is 2.32. The maximum Gasteiger partial charge on any atom is 0.411 e. The molecule has 0 heterocycles. The molecule has 3 aromatic carbocycles. The number of benzene rings is 3. The summed E-state index contributed by atoms with van der Waals surface area (Å²) in [5.41, 5.74) is 1.64. The summed E-state index contributed by atoms with van der Waals surface area (Å²) in [5.74, 6) is 0.603. The average Bonchev–Trinajstić information content (AvgIpc) is 2.61. The fraction of sp³-hybridized carbons (Fsp3) is 0.150. The van der Waals surface area contributed by atoms with Crippen molar-refractivity contribution in [2.24, 2.45) is 0 Å². The lowest BCUT2D eigenvalue weighted by molar-refractivity contribution is 0.167. The van der Waals surface area contributed by atoms with Gasteiger partial charge in [-0.25, -0.2) is 4.79 Å². The first-order chi connectivity index (χ1) is 12.2. The second-order valence-electron chi connectivity index (χ2n) is 5.46. The number of amides is 1. The smallest absolute Gasteiger partial charge is 0.411 e. The standard InChI is InChI=1S/C20H18BrNO3/c1-2-24-20(23)22-18-11-16-10-17(21)9-8-15(16)12-19(18)25-13-14-6-4-3-5-7-14/h3-12H,2,13H2,1H3,(H,22,23). The molecule has 0 aromatic heterocycles. The molecule has 25 heavy (non-hydrogen) atoms. The minimum absolute atomic E-state index is 0.311. The summed E-state index contributed by atoms with van der Waals surface area (Å²) in [4.78, 5) is 11.8. The van der Waals surface area contributed by atoms with Crippen molar-refractivity contribution in [1.29, 1.82) is 0 Å². The summed E-state index contributed by atoms with van der Waals surface area (Å²) in [6.45, 7) is 2.50. The summed E-state index contributed by atoms with van der Waals surface area (Å²) in [6, 6.07) is 19.7. The predicted octanol–water partition coefficient (Wildman–Crippen LogP) is 5.75. The Morgan fingerprint density at radius 3 is 2.60 bits per heavy atom. The molecule has 0 radical (unpaired) electrons. The summed E-state index contributed by atoms with van der Waals surface area (Å²) in [6.07, 6.45) is -0.499. The third-order valence-electron chi connectivity index (χ3n) is 3.65. The molecule has 0 atom stereocenters. The molecule has 0 bridgehead atoms. The van der Waals surface area contributed by atoms with E-state index in [9.17, 15) is 4.79 Å². The fourth-order valence-electron chi connectivity index (χ4n) is 2.48. The van der Waals surface area contributed by atoms with Crippen molar-refractivity contribution in [3.8, 4) is 5.75 Å². The van der Waals surface area contributed by atoms with Crippen molar-refractivity contribution in [2.45, 2.75) is 13.5 Å². The molecule has 3 rings (SSSR count). The topological polar surface area (TPSA) is 47.6 Å². The number of rotatable bonds is 5. The molecule has 0 spiro atoms. The summed E-state index contributed by atoms with van der Waals surface area (Å²) in [7, 11) is 0. The Labute approximate surface area is 154 Å². The molecule has 4 nitrogen and oxygen atoms in total. The van der Waals surface area contributed by atoms with Crippen LogP contribution in [0.15, 0.2) is 65.1 Å². The summed E-state index contributed by atoms with van der Waals surface area (Å²) >= 11 is 3.47. The lowest BCUT2D eigenvalue weighted by atomic mass is 10.1. The van der Waals surface area contributed by atoms with Crippen molar-refractivity contribution < 1.29 is 14.3 Å². The average molecular weight is 400 g/mol. The van der Waals surface area contributed by atoms with Gasteiger partial charge >= 0.3 is 6.09 Å². The van der Waals surface area contributed by atoms with Gasteiger partial charge < -0.3 is 9.47 Å². The van der Waals surface area contributed by atoms with Crippen LogP contribution in [0.1, 0.15) is 12.5 Å². The van der Waals surface area contributed by atoms with Crippen LogP contribution in [0.5, 0.6) is 5.75 Å². The van der Waals surface area contributed by atoms with Crippen LogP contribution in [0, 0.1) is 0 Å². The SMILES string of the molecule is CCOC(=O)Nc1cc2cc(Br)ccc2cc1OCc1ccccc1. The van der Waals surface area contributed by atoms with Crippen LogP contribution in [0.4, 0.5) is 10.5 Å². The van der Waals surface area contributed by atoms with E-state index in [1.807, 2.05) is 60.7 Å². The molecule has 0 aliphatic carbocycles. The molecule has 128 valence electrons. The van der Waals surface area contributed by atoms with Crippen LogP contribution < -0.4 is 10.1 Å². The maximum atomic E-state index is 11.8. The largest absolute Gasteiger partial charge is 0.487 e. The molecule has 3 aromatic rings. The third-order valence-corrected chi connectivity index (χ3v) is 4.14. The van der Waals surface area contributed by atoms with Gasteiger partial charge in [0.1, 0.15) is 12.4 Å². The van der Waals surface area contributed by atoms with Crippen molar-refractivity contribution in [1.82, 2.24) is 0 Å². The molecule has 0 saturated heterocycles. The number of anilines is 1. The van der Waals surface area contributed by atoms with Crippen molar-refractivity contribution in [3.05, 3.63) is 70.7 Å². The van der Waals surface area contributed by atoms with Crippen molar-refractivity contribution in [2.75, 3.05) is 11.9 Å². The van der Waals surface area contributed by atoms with E-state index in [1.54, 1.807) is 6.92 Å². The summed E-state index contributed by atoms with van der Waals surface area (Å²) in [5, 5.41) is 4.78. The summed E-state index contributed by atoms with van der Waals surface area (Å²) < 4.78 is 11.9. The molecule has 0 aliphatic heterocycles. The highest BCUT2D eigenvalue weighted by Gasteiger charge is 2.11. The van der Waals surface area contributed by atoms with Crippen LogP contribution in [0.3, 0.4) is 0 Å².